The van der Waals surface area contributed by atoms with Gasteiger partial charge >= 0.3 is 0 Å². The van der Waals surface area contributed by atoms with Crippen molar-refractivity contribution in [1.29, 1.82) is 0 Å². The van der Waals surface area contributed by atoms with Crippen LogP contribution < -0.4 is 5.32 Å². The van der Waals surface area contributed by atoms with Crippen LogP contribution in [0.2, 0.25) is 0 Å². The largest absolute Gasteiger partial charge is 0.379 e. The van der Waals surface area contributed by atoms with Gasteiger partial charge in [0.15, 0.2) is 0 Å². The average molecular weight is 143 g/mol. The number of hydrogen-bond acceptors (Lipinski definition) is 2. The van der Waals surface area contributed by atoms with Gasteiger partial charge in [0, 0.05) is 12.6 Å². The van der Waals surface area contributed by atoms with E-state index in [4.69, 9.17) is 4.74 Å². The van der Waals surface area contributed by atoms with Gasteiger partial charge in [0.1, 0.15) is 0 Å². The van der Waals surface area contributed by atoms with Gasteiger partial charge in [0.25, 0.3) is 0 Å². The van der Waals surface area contributed by atoms with Crippen LogP contribution >= 0.6 is 0 Å². The molecule has 0 aromatic rings. The van der Waals surface area contributed by atoms with E-state index in [1.165, 1.54) is 6.42 Å². The summed E-state index contributed by atoms with van der Waals surface area (Å²) in [4.78, 5) is 0. The molecule has 1 rings (SSSR count). The summed E-state index contributed by atoms with van der Waals surface area (Å²) < 4.78 is 5.34. The molecule has 10 heavy (non-hydrogen) atoms. The molecule has 0 unspecified atom stereocenters. The van der Waals surface area contributed by atoms with Crippen LogP contribution in [0.4, 0.5) is 0 Å². The van der Waals surface area contributed by atoms with Crippen LogP contribution in [0.15, 0.2) is 0 Å². The number of ether oxygens (including phenoxy) is 1. The molecule has 2 nitrogen and oxygen atoms in total. The van der Waals surface area contributed by atoms with Crippen LogP contribution in [0, 0.1) is 5.92 Å². The third-order valence-corrected chi connectivity index (χ3v) is 2.28. The van der Waals surface area contributed by atoms with Crippen LogP contribution in [0.1, 0.15) is 20.3 Å². The maximum absolute atomic E-state index is 5.34. The summed E-state index contributed by atoms with van der Waals surface area (Å²) in [5, 5.41) is 3.44. The summed E-state index contributed by atoms with van der Waals surface area (Å²) in [6.07, 6.45) is 1.24. The summed E-state index contributed by atoms with van der Waals surface area (Å²) >= 11 is 0. The quantitative estimate of drug-likeness (QED) is 0.623. The standard InChI is InChI=1S/C8H17NO/c1-3-7(2)8-6-10-5-4-9-8/h7-9H,3-6H2,1-2H3/t7-,8-/m0/s1. The van der Waals surface area contributed by atoms with E-state index in [2.05, 4.69) is 19.2 Å². The monoisotopic (exact) mass is 143 g/mol. The molecule has 0 radical (unpaired) electrons. The second-order valence-corrected chi connectivity index (χ2v) is 3.02. The van der Waals surface area contributed by atoms with Gasteiger partial charge in [-0.15, -0.1) is 0 Å². The molecule has 0 amide bonds. The highest BCUT2D eigenvalue weighted by Crippen LogP contribution is 2.09. The third kappa shape index (κ3) is 1.96. The number of hydrogen-bond donors (Lipinski definition) is 1. The van der Waals surface area contributed by atoms with Crippen molar-refractivity contribution in [2.45, 2.75) is 26.3 Å². The Balaban J connectivity index is 2.24. The van der Waals surface area contributed by atoms with E-state index in [-0.39, 0.29) is 0 Å². The van der Waals surface area contributed by atoms with Crippen LogP contribution in [0.5, 0.6) is 0 Å². The molecule has 1 aliphatic rings. The summed E-state index contributed by atoms with van der Waals surface area (Å²) in [5.74, 6) is 0.750. The summed E-state index contributed by atoms with van der Waals surface area (Å²) in [6.45, 7) is 7.30. The lowest BCUT2D eigenvalue weighted by molar-refractivity contribution is 0.0588. The summed E-state index contributed by atoms with van der Waals surface area (Å²) in [6, 6.07) is 0.596. The number of nitrogens with one attached hydrogen (secondary N) is 1. The molecular weight excluding hydrogens is 126 g/mol. The summed E-state index contributed by atoms with van der Waals surface area (Å²) in [7, 11) is 0. The molecule has 60 valence electrons. The predicted octanol–water partition coefficient (Wildman–Crippen LogP) is 1.02. The zero-order valence-electron chi connectivity index (χ0n) is 6.89. The first-order valence-electron chi connectivity index (χ1n) is 4.15. The molecule has 0 bridgehead atoms. The first kappa shape index (κ1) is 8.02. The van der Waals surface area contributed by atoms with Crippen molar-refractivity contribution < 1.29 is 4.74 Å². The lowest BCUT2D eigenvalue weighted by Gasteiger charge is -2.28. The van der Waals surface area contributed by atoms with Crippen LogP contribution in [-0.4, -0.2) is 25.8 Å². The van der Waals surface area contributed by atoms with E-state index < -0.39 is 0 Å². The van der Waals surface area contributed by atoms with Gasteiger partial charge in [-0.3, -0.25) is 0 Å². The minimum atomic E-state index is 0.596. The molecule has 0 aliphatic carbocycles. The van der Waals surface area contributed by atoms with E-state index in [0.717, 1.165) is 25.7 Å². The molecule has 1 saturated heterocycles. The fraction of sp³-hybridized carbons (Fsp3) is 1.00. The molecule has 2 heteroatoms. The Labute approximate surface area is 63.0 Å². The van der Waals surface area contributed by atoms with Crippen molar-refractivity contribution in [2.75, 3.05) is 19.8 Å². The molecule has 1 N–H and O–H groups in total. The maximum Gasteiger partial charge on any atom is 0.0622 e. The van der Waals surface area contributed by atoms with E-state index in [0.29, 0.717) is 6.04 Å². The number of rotatable bonds is 2. The van der Waals surface area contributed by atoms with Gasteiger partial charge in [-0.1, -0.05) is 20.3 Å². The highest BCUT2D eigenvalue weighted by molar-refractivity contribution is 4.74. The second kappa shape index (κ2) is 3.94. The topological polar surface area (TPSA) is 21.3 Å². The van der Waals surface area contributed by atoms with Crippen molar-refractivity contribution in [1.82, 2.24) is 5.32 Å². The zero-order chi connectivity index (χ0) is 7.40. The Hall–Kier alpha value is -0.0800. The van der Waals surface area contributed by atoms with Crippen molar-refractivity contribution >= 4 is 0 Å². The fourth-order valence-electron chi connectivity index (χ4n) is 1.24. The van der Waals surface area contributed by atoms with Gasteiger partial charge < -0.3 is 10.1 Å². The maximum atomic E-state index is 5.34. The lowest BCUT2D eigenvalue weighted by Crippen LogP contribution is -2.45. The normalized spacial score (nSPS) is 30.0. The smallest absolute Gasteiger partial charge is 0.0622 e. The Morgan fingerprint density at radius 1 is 1.70 bits per heavy atom. The molecule has 0 aromatic carbocycles. The first-order valence-corrected chi connectivity index (χ1v) is 4.15. The van der Waals surface area contributed by atoms with Gasteiger partial charge in [-0.2, -0.15) is 0 Å². The van der Waals surface area contributed by atoms with Gasteiger partial charge in [0.05, 0.1) is 13.2 Å². The molecule has 1 aliphatic heterocycles. The molecular formula is C8H17NO. The SMILES string of the molecule is CC[C@H](C)[C@@H]1COCCN1. The van der Waals surface area contributed by atoms with Crippen LogP contribution in [0.3, 0.4) is 0 Å². The molecule has 1 heterocycles. The lowest BCUT2D eigenvalue weighted by atomic mass is 9.99. The van der Waals surface area contributed by atoms with Crippen molar-refractivity contribution in [3.63, 3.8) is 0 Å². The Morgan fingerprint density at radius 2 is 2.50 bits per heavy atom. The molecule has 1 fully saturated rings. The molecule has 2 atom stereocenters. The summed E-state index contributed by atoms with van der Waals surface area (Å²) in [5.41, 5.74) is 0. The molecule has 0 spiro atoms. The minimum absolute atomic E-state index is 0.596. The van der Waals surface area contributed by atoms with Crippen LogP contribution in [-0.2, 0) is 4.74 Å². The number of morpholine rings is 1. The van der Waals surface area contributed by atoms with E-state index in [1.54, 1.807) is 0 Å². The van der Waals surface area contributed by atoms with Gasteiger partial charge in [-0.25, -0.2) is 0 Å². The zero-order valence-corrected chi connectivity index (χ0v) is 6.89. The first-order chi connectivity index (χ1) is 4.84. The fourth-order valence-corrected chi connectivity index (χ4v) is 1.24. The van der Waals surface area contributed by atoms with Gasteiger partial charge in [-0.05, 0) is 5.92 Å². The van der Waals surface area contributed by atoms with Crippen molar-refractivity contribution in [2.24, 2.45) is 5.92 Å². The van der Waals surface area contributed by atoms with Crippen molar-refractivity contribution in [3.05, 3.63) is 0 Å². The molecule has 0 aromatic heterocycles. The average Bonchev–Trinajstić information content (AvgIpc) is 2.05. The minimum Gasteiger partial charge on any atom is -0.379 e. The highest BCUT2D eigenvalue weighted by Gasteiger charge is 2.17. The van der Waals surface area contributed by atoms with E-state index in [1.807, 2.05) is 0 Å². The van der Waals surface area contributed by atoms with E-state index >= 15 is 0 Å². The Bertz CT molecular complexity index is 89.3. The Kier molecular flexibility index (Phi) is 3.16. The molecule has 0 saturated carbocycles. The van der Waals surface area contributed by atoms with Crippen LogP contribution in [0.25, 0.3) is 0 Å². The van der Waals surface area contributed by atoms with Gasteiger partial charge in [0.2, 0.25) is 0 Å². The Morgan fingerprint density at radius 3 is 3.00 bits per heavy atom. The van der Waals surface area contributed by atoms with E-state index in [9.17, 15) is 0 Å². The predicted molar refractivity (Wildman–Crippen MR) is 42.1 cm³/mol. The second-order valence-electron chi connectivity index (χ2n) is 3.02. The third-order valence-electron chi connectivity index (χ3n) is 2.28. The van der Waals surface area contributed by atoms with Crippen molar-refractivity contribution in [3.8, 4) is 0 Å². The highest BCUT2D eigenvalue weighted by atomic mass is 16.5.